The van der Waals surface area contributed by atoms with E-state index in [9.17, 15) is 0 Å². The number of halogens is 1. The van der Waals surface area contributed by atoms with Gasteiger partial charge in [0.05, 0.1) is 0 Å². The molecular weight excluding hydrogens is 284 g/mol. The van der Waals surface area contributed by atoms with E-state index in [4.69, 9.17) is 11.6 Å². The highest BCUT2D eigenvalue weighted by Crippen LogP contribution is 2.20. The standard InChI is InChI=1S/C16H23ClN4/c1-3-18-11-13(9-14-7-5-6-8-15(14)17)10-16-19-12-20-21(16)4-2/h5-8,12-13,18H,3-4,9-11H2,1-2H3. The highest BCUT2D eigenvalue weighted by molar-refractivity contribution is 6.31. The van der Waals surface area contributed by atoms with Crippen LogP contribution in [0.3, 0.4) is 0 Å². The first-order valence-corrected chi connectivity index (χ1v) is 7.93. The van der Waals surface area contributed by atoms with Crippen LogP contribution in [0.1, 0.15) is 25.2 Å². The first-order chi connectivity index (χ1) is 10.2. The lowest BCUT2D eigenvalue weighted by Crippen LogP contribution is -2.27. The zero-order valence-corrected chi connectivity index (χ0v) is 13.5. The van der Waals surface area contributed by atoms with E-state index in [0.717, 1.165) is 43.3 Å². The van der Waals surface area contributed by atoms with Crippen molar-refractivity contribution in [3.63, 3.8) is 0 Å². The summed E-state index contributed by atoms with van der Waals surface area (Å²) in [5, 5.41) is 8.53. The molecule has 0 saturated carbocycles. The number of hydrogen-bond donors (Lipinski definition) is 1. The minimum absolute atomic E-state index is 0.458. The fraction of sp³-hybridized carbons (Fsp3) is 0.500. The van der Waals surface area contributed by atoms with Crippen molar-refractivity contribution in [1.82, 2.24) is 20.1 Å². The Kier molecular flexibility index (Phi) is 6.21. The predicted molar refractivity (Wildman–Crippen MR) is 86.6 cm³/mol. The largest absolute Gasteiger partial charge is 0.317 e. The molecule has 0 bridgehead atoms. The topological polar surface area (TPSA) is 42.7 Å². The van der Waals surface area contributed by atoms with Crippen LogP contribution in [0, 0.1) is 5.92 Å². The predicted octanol–water partition coefficient (Wildman–Crippen LogP) is 2.96. The van der Waals surface area contributed by atoms with Crippen molar-refractivity contribution in [1.29, 1.82) is 0 Å². The van der Waals surface area contributed by atoms with Gasteiger partial charge in [-0.05, 0) is 44.0 Å². The number of hydrogen-bond acceptors (Lipinski definition) is 3. The zero-order valence-electron chi connectivity index (χ0n) is 12.7. The van der Waals surface area contributed by atoms with Gasteiger partial charge in [-0.25, -0.2) is 4.98 Å². The molecule has 21 heavy (non-hydrogen) atoms. The van der Waals surface area contributed by atoms with E-state index in [1.54, 1.807) is 6.33 Å². The van der Waals surface area contributed by atoms with E-state index in [2.05, 4.69) is 35.3 Å². The molecule has 0 amide bonds. The van der Waals surface area contributed by atoms with Crippen molar-refractivity contribution in [2.45, 2.75) is 33.2 Å². The number of aryl methyl sites for hydroxylation is 1. The maximum absolute atomic E-state index is 6.29. The van der Waals surface area contributed by atoms with Gasteiger partial charge in [0.2, 0.25) is 0 Å². The third-order valence-corrected chi connectivity index (χ3v) is 3.98. The van der Waals surface area contributed by atoms with Crippen molar-refractivity contribution in [2.75, 3.05) is 13.1 Å². The van der Waals surface area contributed by atoms with Crippen molar-refractivity contribution in [3.8, 4) is 0 Å². The Bertz CT molecular complexity index is 553. The van der Waals surface area contributed by atoms with Crippen LogP contribution in [0.5, 0.6) is 0 Å². The van der Waals surface area contributed by atoms with E-state index in [-0.39, 0.29) is 0 Å². The minimum Gasteiger partial charge on any atom is -0.317 e. The number of nitrogens with zero attached hydrogens (tertiary/aromatic N) is 3. The molecule has 1 aromatic carbocycles. The Morgan fingerprint density at radius 3 is 2.76 bits per heavy atom. The molecule has 114 valence electrons. The Morgan fingerprint density at radius 1 is 1.24 bits per heavy atom. The maximum Gasteiger partial charge on any atom is 0.138 e. The SMILES string of the molecule is CCNCC(Cc1ccccc1Cl)Cc1ncnn1CC. The third-order valence-electron chi connectivity index (χ3n) is 3.62. The molecule has 1 heterocycles. The van der Waals surface area contributed by atoms with Crippen molar-refractivity contribution < 1.29 is 0 Å². The maximum atomic E-state index is 6.29. The van der Waals surface area contributed by atoms with Crippen LogP contribution >= 0.6 is 11.6 Å². The molecule has 1 N–H and O–H groups in total. The molecule has 2 rings (SSSR count). The average molecular weight is 307 g/mol. The smallest absolute Gasteiger partial charge is 0.138 e. The van der Waals surface area contributed by atoms with Crippen LogP contribution in [0.4, 0.5) is 0 Å². The number of benzene rings is 1. The van der Waals surface area contributed by atoms with Gasteiger partial charge < -0.3 is 5.32 Å². The Labute approximate surface area is 131 Å². The van der Waals surface area contributed by atoms with E-state index in [0.29, 0.717) is 5.92 Å². The molecule has 0 spiro atoms. The van der Waals surface area contributed by atoms with Gasteiger partial charge in [-0.15, -0.1) is 0 Å². The van der Waals surface area contributed by atoms with Gasteiger partial charge in [0.15, 0.2) is 0 Å². The molecule has 2 aromatic rings. The summed E-state index contributed by atoms with van der Waals surface area (Å²) in [7, 11) is 0. The summed E-state index contributed by atoms with van der Waals surface area (Å²) in [6, 6.07) is 8.07. The Balaban J connectivity index is 2.09. The molecule has 0 saturated heterocycles. The molecule has 0 aliphatic carbocycles. The fourth-order valence-corrected chi connectivity index (χ4v) is 2.72. The van der Waals surface area contributed by atoms with Crippen LogP contribution in [0.25, 0.3) is 0 Å². The summed E-state index contributed by atoms with van der Waals surface area (Å²) < 4.78 is 1.96. The number of rotatable bonds is 8. The third kappa shape index (κ3) is 4.55. The highest BCUT2D eigenvalue weighted by atomic mass is 35.5. The van der Waals surface area contributed by atoms with Gasteiger partial charge in [-0.2, -0.15) is 5.10 Å². The second-order valence-corrected chi connectivity index (χ2v) is 5.57. The summed E-state index contributed by atoms with van der Waals surface area (Å²) in [6.07, 6.45) is 3.49. The van der Waals surface area contributed by atoms with Gasteiger partial charge in [-0.3, -0.25) is 4.68 Å². The summed E-state index contributed by atoms with van der Waals surface area (Å²) in [5.41, 5.74) is 1.20. The van der Waals surface area contributed by atoms with E-state index < -0.39 is 0 Å². The van der Waals surface area contributed by atoms with Crippen LogP contribution in [0.2, 0.25) is 5.02 Å². The lowest BCUT2D eigenvalue weighted by molar-refractivity contribution is 0.453. The van der Waals surface area contributed by atoms with E-state index in [1.807, 2.05) is 22.9 Å². The Morgan fingerprint density at radius 2 is 2.05 bits per heavy atom. The normalized spacial score (nSPS) is 12.5. The second kappa shape index (κ2) is 8.15. The molecule has 0 fully saturated rings. The molecule has 1 atom stereocenters. The van der Waals surface area contributed by atoms with Crippen molar-refractivity contribution in [3.05, 3.63) is 47.0 Å². The molecule has 1 unspecified atom stereocenters. The van der Waals surface area contributed by atoms with Crippen LogP contribution in [-0.4, -0.2) is 27.9 Å². The summed E-state index contributed by atoms with van der Waals surface area (Å²) >= 11 is 6.29. The van der Waals surface area contributed by atoms with Gasteiger partial charge in [0.25, 0.3) is 0 Å². The fourth-order valence-electron chi connectivity index (χ4n) is 2.51. The van der Waals surface area contributed by atoms with Crippen molar-refractivity contribution >= 4 is 11.6 Å². The molecule has 5 heteroatoms. The molecule has 0 radical (unpaired) electrons. The summed E-state index contributed by atoms with van der Waals surface area (Å²) in [6.45, 7) is 7.00. The van der Waals surface area contributed by atoms with Crippen LogP contribution < -0.4 is 5.32 Å². The number of nitrogens with one attached hydrogen (secondary N) is 1. The van der Waals surface area contributed by atoms with Crippen LogP contribution in [0.15, 0.2) is 30.6 Å². The highest BCUT2D eigenvalue weighted by Gasteiger charge is 2.15. The minimum atomic E-state index is 0.458. The zero-order chi connectivity index (χ0) is 15.1. The van der Waals surface area contributed by atoms with Gasteiger partial charge in [-0.1, -0.05) is 36.7 Å². The Hall–Kier alpha value is -1.39. The molecule has 1 aromatic heterocycles. The lowest BCUT2D eigenvalue weighted by Gasteiger charge is -2.18. The molecular formula is C16H23ClN4. The monoisotopic (exact) mass is 306 g/mol. The molecule has 0 aliphatic rings. The van der Waals surface area contributed by atoms with E-state index in [1.165, 1.54) is 5.56 Å². The molecule has 4 nitrogen and oxygen atoms in total. The number of aromatic nitrogens is 3. The first-order valence-electron chi connectivity index (χ1n) is 7.55. The summed E-state index contributed by atoms with van der Waals surface area (Å²) in [5.74, 6) is 1.51. The van der Waals surface area contributed by atoms with Crippen molar-refractivity contribution in [2.24, 2.45) is 5.92 Å². The van der Waals surface area contributed by atoms with Gasteiger partial charge in [0.1, 0.15) is 12.2 Å². The lowest BCUT2D eigenvalue weighted by atomic mass is 9.95. The van der Waals surface area contributed by atoms with Crippen LogP contribution in [-0.2, 0) is 19.4 Å². The molecule has 0 aliphatic heterocycles. The van der Waals surface area contributed by atoms with Gasteiger partial charge >= 0.3 is 0 Å². The second-order valence-electron chi connectivity index (χ2n) is 5.17. The first kappa shape index (κ1) is 16.0. The quantitative estimate of drug-likeness (QED) is 0.815. The average Bonchev–Trinajstić information content (AvgIpc) is 2.94. The van der Waals surface area contributed by atoms with Gasteiger partial charge in [0, 0.05) is 18.0 Å². The summed E-state index contributed by atoms with van der Waals surface area (Å²) in [4.78, 5) is 4.39. The van der Waals surface area contributed by atoms with E-state index >= 15 is 0 Å².